The Morgan fingerprint density at radius 1 is 1.09 bits per heavy atom. The summed E-state index contributed by atoms with van der Waals surface area (Å²) in [7, 11) is -3.54. The first-order valence-corrected chi connectivity index (χ1v) is 9.59. The molecule has 0 aliphatic rings. The molecule has 1 aromatic carbocycles. The Labute approximate surface area is 144 Å². The van der Waals surface area contributed by atoms with Crippen LogP contribution in [-0.2, 0) is 27.7 Å². The van der Waals surface area contributed by atoms with E-state index in [1.165, 1.54) is 35.6 Å². The van der Waals surface area contributed by atoms with Crippen molar-refractivity contribution >= 4 is 38.9 Å². The molecule has 0 amide bonds. The Bertz CT molecular complexity index is 769. The van der Waals surface area contributed by atoms with Crippen LogP contribution < -0.4 is 4.72 Å². The van der Waals surface area contributed by atoms with Crippen molar-refractivity contribution in [3.05, 3.63) is 51.2 Å². The number of carboxylic acids is 1. The summed E-state index contributed by atoms with van der Waals surface area (Å²) < 4.78 is 26.7. The standard InChI is InChI=1S/C15H16ClNO4S2/c16-11-1-6-14(7-2-11)23(20,21)17-10-9-13-4-3-12(22-13)5-8-15(18)19/h1-4,6-7,17H,5,8-10H2,(H,18,19). The van der Waals surface area contributed by atoms with Crippen LogP contribution in [0.2, 0.25) is 5.02 Å². The minimum absolute atomic E-state index is 0.100. The summed E-state index contributed by atoms with van der Waals surface area (Å²) in [6, 6.07) is 9.77. The number of thiophene rings is 1. The fourth-order valence-electron chi connectivity index (χ4n) is 1.93. The summed E-state index contributed by atoms with van der Waals surface area (Å²) in [5.74, 6) is -0.823. The maximum atomic E-state index is 12.1. The minimum Gasteiger partial charge on any atom is -0.481 e. The lowest BCUT2D eigenvalue weighted by Gasteiger charge is -2.06. The second-order valence-corrected chi connectivity index (χ2v) is 8.32. The van der Waals surface area contributed by atoms with E-state index in [2.05, 4.69) is 4.72 Å². The van der Waals surface area contributed by atoms with Gasteiger partial charge in [-0.15, -0.1) is 11.3 Å². The molecule has 2 N–H and O–H groups in total. The van der Waals surface area contributed by atoms with Crippen LogP contribution in [0.4, 0.5) is 0 Å². The van der Waals surface area contributed by atoms with E-state index >= 15 is 0 Å². The molecule has 23 heavy (non-hydrogen) atoms. The Morgan fingerprint density at radius 2 is 1.70 bits per heavy atom. The SMILES string of the molecule is O=C(O)CCc1ccc(CCNS(=O)(=O)c2ccc(Cl)cc2)s1. The van der Waals surface area contributed by atoms with Crippen molar-refractivity contribution < 1.29 is 18.3 Å². The maximum absolute atomic E-state index is 12.1. The van der Waals surface area contributed by atoms with Crippen molar-refractivity contribution in [1.29, 1.82) is 0 Å². The van der Waals surface area contributed by atoms with Gasteiger partial charge in [-0.1, -0.05) is 11.6 Å². The number of nitrogens with one attached hydrogen (secondary N) is 1. The summed E-state index contributed by atoms with van der Waals surface area (Å²) in [5, 5.41) is 9.14. The average molecular weight is 374 g/mol. The molecule has 0 unspecified atom stereocenters. The molecule has 0 fully saturated rings. The van der Waals surface area contributed by atoms with Gasteiger partial charge in [0.15, 0.2) is 0 Å². The van der Waals surface area contributed by atoms with Crippen LogP contribution in [0.15, 0.2) is 41.3 Å². The monoisotopic (exact) mass is 373 g/mol. The van der Waals surface area contributed by atoms with Gasteiger partial charge in [-0.3, -0.25) is 4.79 Å². The number of halogens is 1. The van der Waals surface area contributed by atoms with E-state index in [0.29, 0.717) is 17.9 Å². The van der Waals surface area contributed by atoms with Crippen molar-refractivity contribution in [2.24, 2.45) is 0 Å². The molecule has 1 heterocycles. The van der Waals surface area contributed by atoms with Gasteiger partial charge in [-0.25, -0.2) is 13.1 Å². The molecule has 0 radical (unpaired) electrons. The second kappa shape index (κ2) is 7.92. The number of benzene rings is 1. The molecular weight excluding hydrogens is 358 g/mol. The molecule has 0 aliphatic carbocycles. The lowest BCUT2D eigenvalue weighted by atomic mass is 10.2. The molecule has 0 saturated heterocycles. The molecule has 1 aromatic heterocycles. The van der Waals surface area contributed by atoms with E-state index in [4.69, 9.17) is 16.7 Å². The van der Waals surface area contributed by atoms with Crippen LogP contribution in [0.3, 0.4) is 0 Å². The third-order valence-electron chi connectivity index (χ3n) is 3.09. The highest BCUT2D eigenvalue weighted by Gasteiger charge is 2.13. The van der Waals surface area contributed by atoms with Crippen LogP contribution in [-0.4, -0.2) is 26.0 Å². The van der Waals surface area contributed by atoms with E-state index in [1.807, 2.05) is 12.1 Å². The predicted octanol–water partition coefficient (Wildman–Crippen LogP) is 2.94. The minimum atomic E-state index is -3.54. The largest absolute Gasteiger partial charge is 0.481 e. The Morgan fingerprint density at radius 3 is 2.30 bits per heavy atom. The number of aryl methyl sites for hydroxylation is 1. The number of sulfonamides is 1. The van der Waals surface area contributed by atoms with Crippen LogP contribution in [0.1, 0.15) is 16.2 Å². The molecule has 0 aliphatic heterocycles. The normalized spacial score (nSPS) is 11.5. The van der Waals surface area contributed by atoms with Gasteiger partial charge in [0.2, 0.25) is 10.0 Å². The van der Waals surface area contributed by atoms with Crippen molar-refractivity contribution in [3.63, 3.8) is 0 Å². The summed E-state index contributed by atoms with van der Waals surface area (Å²) >= 11 is 7.25. The second-order valence-electron chi connectivity index (χ2n) is 4.86. The van der Waals surface area contributed by atoms with Crippen molar-refractivity contribution in [2.45, 2.75) is 24.2 Å². The molecule has 5 nitrogen and oxygen atoms in total. The first-order chi connectivity index (χ1) is 10.9. The first kappa shape index (κ1) is 17.9. The topological polar surface area (TPSA) is 83.5 Å². The number of hydrogen-bond donors (Lipinski definition) is 2. The molecular formula is C15H16ClNO4S2. The van der Waals surface area contributed by atoms with Crippen molar-refractivity contribution in [3.8, 4) is 0 Å². The summed E-state index contributed by atoms with van der Waals surface area (Å²) in [6.07, 6.45) is 1.16. The first-order valence-electron chi connectivity index (χ1n) is 6.91. The molecule has 124 valence electrons. The zero-order valence-corrected chi connectivity index (χ0v) is 14.5. The highest BCUT2D eigenvalue weighted by atomic mass is 35.5. The number of carboxylic acid groups (broad SMARTS) is 1. The number of aliphatic carboxylic acids is 1. The van der Waals surface area contributed by atoms with Crippen molar-refractivity contribution in [1.82, 2.24) is 4.72 Å². The molecule has 0 spiro atoms. The summed E-state index contributed by atoms with van der Waals surface area (Å²) in [5.41, 5.74) is 0. The number of carbonyl (C=O) groups is 1. The molecule has 2 rings (SSSR count). The summed E-state index contributed by atoms with van der Waals surface area (Å²) in [4.78, 5) is 12.7. The average Bonchev–Trinajstić information content (AvgIpc) is 2.93. The highest BCUT2D eigenvalue weighted by Crippen LogP contribution is 2.19. The molecule has 2 aromatic rings. The van der Waals surface area contributed by atoms with E-state index in [0.717, 1.165) is 9.75 Å². The van der Waals surface area contributed by atoms with Crippen LogP contribution in [0, 0.1) is 0 Å². The van der Waals surface area contributed by atoms with E-state index in [9.17, 15) is 13.2 Å². The summed E-state index contributed by atoms with van der Waals surface area (Å²) in [6.45, 7) is 0.282. The smallest absolute Gasteiger partial charge is 0.303 e. The van der Waals surface area contributed by atoms with E-state index in [-0.39, 0.29) is 17.9 Å². The lowest BCUT2D eigenvalue weighted by molar-refractivity contribution is -0.136. The highest BCUT2D eigenvalue weighted by molar-refractivity contribution is 7.89. The van der Waals surface area contributed by atoms with Gasteiger partial charge in [0.25, 0.3) is 0 Å². The number of rotatable bonds is 8. The van der Waals surface area contributed by atoms with Gasteiger partial charge >= 0.3 is 5.97 Å². The van der Waals surface area contributed by atoms with Crippen LogP contribution in [0.5, 0.6) is 0 Å². The molecule has 8 heteroatoms. The molecule has 0 saturated carbocycles. The van der Waals surface area contributed by atoms with Gasteiger partial charge in [-0.05, 0) is 49.2 Å². The Balaban J connectivity index is 1.87. The van der Waals surface area contributed by atoms with Gasteiger partial charge in [-0.2, -0.15) is 0 Å². The maximum Gasteiger partial charge on any atom is 0.303 e. The number of hydrogen-bond acceptors (Lipinski definition) is 4. The fraction of sp³-hybridized carbons (Fsp3) is 0.267. The lowest BCUT2D eigenvalue weighted by Crippen LogP contribution is -2.25. The van der Waals surface area contributed by atoms with E-state index < -0.39 is 16.0 Å². The van der Waals surface area contributed by atoms with Crippen LogP contribution in [0.25, 0.3) is 0 Å². The zero-order valence-electron chi connectivity index (χ0n) is 12.2. The third kappa shape index (κ3) is 5.62. The molecule has 0 atom stereocenters. The van der Waals surface area contributed by atoms with E-state index in [1.54, 1.807) is 0 Å². The third-order valence-corrected chi connectivity index (χ3v) is 6.02. The van der Waals surface area contributed by atoms with Gasteiger partial charge in [0, 0.05) is 21.3 Å². The quantitative estimate of drug-likeness (QED) is 0.745. The molecule has 0 bridgehead atoms. The Kier molecular flexibility index (Phi) is 6.17. The Hall–Kier alpha value is -1.41. The van der Waals surface area contributed by atoms with Gasteiger partial charge in [0.1, 0.15) is 0 Å². The van der Waals surface area contributed by atoms with Gasteiger partial charge < -0.3 is 5.11 Å². The van der Waals surface area contributed by atoms with Gasteiger partial charge in [0.05, 0.1) is 11.3 Å². The predicted molar refractivity (Wildman–Crippen MR) is 90.6 cm³/mol. The van der Waals surface area contributed by atoms with Crippen LogP contribution >= 0.6 is 22.9 Å². The van der Waals surface area contributed by atoms with Crippen molar-refractivity contribution in [2.75, 3.05) is 6.54 Å². The zero-order chi connectivity index (χ0) is 16.9. The fourth-order valence-corrected chi connectivity index (χ4v) is 4.10.